The molecule has 7 nitrogen and oxygen atoms in total. The van der Waals surface area contributed by atoms with E-state index in [1.807, 2.05) is 14.1 Å². The third kappa shape index (κ3) is 9.81. The summed E-state index contributed by atoms with van der Waals surface area (Å²) in [5.74, 6) is -0.445. The first-order chi connectivity index (χ1) is 8.43. The molecule has 0 amide bonds. The fourth-order valence-corrected chi connectivity index (χ4v) is 1.83. The first-order valence-corrected chi connectivity index (χ1v) is 7.34. The molecule has 0 aliphatic carbocycles. The fraction of sp³-hybridized carbons (Fsp3) is 0.727. The molecule has 0 rings (SSSR count). The SMILES string of the molecule is C=C(C)C(=O)OC(C)C[N+](C)(C)CCOP(=O)(O)O. The lowest BCUT2D eigenvalue weighted by Crippen LogP contribution is -2.47. The second kappa shape index (κ2) is 7.17. The van der Waals surface area contributed by atoms with E-state index in [0.29, 0.717) is 23.1 Å². The highest BCUT2D eigenvalue weighted by Crippen LogP contribution is 2.35. The van der Waals surface area contributed by atoms with E-state index in [1.54, 1.807) is 13.8 Å². The van der Waals surface area contributed by atoms with Crippen molar-refractivity contribution in [1.82, 2.24) is 0 Å². The van der Waals surface area contributed by atoms with Gasteiger partial charge in [-0.05, 0) is 13.8 Å². The van der Waals surface area contributed by atoms with Gasteiger partial charge in [-0.1, -0.05) is 6.58 Å². The summed E-state index contributed by atoms with van der Waals surface area (Å²) in [7, 11) is -0.718. The van der Waals surface area contributed by atoms with Gasteiger partial charge in [-0.3, -0.25) is 4.52 Å². The molecule has 1 atom stereocenters. The maximum Gasteiger partial charge on any atom is 0.469 e. The van der Waals surface area contributed by atoms with Crippen molar-refractivity contribution in [2.24, 2.45) is 0 Å². The van der Waals surface area contributed by atoms with Crippen LogP contribution in [0.1, 0.15) is 13.8 Å². The molecule has 0 saturated heterocycles. The van der Waals surface area contributed by atoms with Crippen molar-refractivity contribution >= 4 is 13.8 Å². The Morgan fingerprint density at radius 3 is 2.37 bits per heavy atom. The Labute approximate surface area is 113 Å². The lowest BCUT2D eigenvalue weighted by molar-refractivity contribution is -0.893. The van der Waals surface area contributed by atoms with E-state index in [-0.39, 0.29) is 12.7 Å². The molecule has 0 radical (unpaired) electrons. The molecule has 0 fully saturated rings. The molecular formula is C11H23NO6P+. The number of phosphoric ester groups is 1. The molecule has 0 aliphatic rings. The van der Waals surface area contributed by atoms with Crippen molar-refractivity contribution in [3.8, 4) is 0 Å². The van der Waals surface area contributed by atoms with E-state index < -0.39 is 13.8 Å². The van der Waals surface area contributed by atoms with E-state index in [9.17, 15) is 9.36 Å². The Kier molecular flexibility index (Phi) is 6.89. The lowest BCUT2D eigenvalue weighted by Gasteiger charge is -2.32. The summed E-state index contributed by atoms with van der Waals surface area (Å²) in [6, 6.07) is 0. The molecule has 2 N–H and O–H groups in total. The summed E-state index contributed by atoms with van der Waals surface area (Å²) < 4.78 is 20.5. The van der Waals surface area contributed by atoms with Crippen LogP contribution in [-0.4, -0.2) is 60.1 Å². The smallest absolute Gasteiger partial charge is 0.453 e. The number of carbonyl (C=O) groups excluding carboxylic acids is 1. The zero-order valence-corrected chi connectivity index (χ0v) is 12.7. The Morgan fingerprint density at radius 1 is 1.42 bits per heavy atom. The molecule has 0 heterocycles. The van der Waals surface area contributed by atoms with Crippen LogP contribution in [0.25, 0.3) is 0 Å². The normalized spacial score (nSPS) is 14.0. The number of likely N-dealkylation sites (N-methyl/N-ethyl adjacent to an activating group) is 1. The van der Waals surface area contributed by atoms with Crippen molar-refractivity contribution in [2.75, 3.05) is 33.8 Å². The third-order valence-corrected chi connectivity index (χ3v) is 2.88. The third-order valence-electron chi connectivity index (χ3n) is 2.36. The van der Waals surface area contributed by atoms with Gasteiger partial charge >= 0.3 is 13.8 Å². The molecule has 0 aromatic heterocycles. The van der Waals surface area contributed by atoms with Crippen LogP contribution in [0.5, 0.6) is 0 Å². The number of carbonyl (C=O) groups is 1. The van der Waals surface area contributed by atoms with E-state index in [0.717, 1.165) is 0 Å². The van der Waals surface area contributed by atoms with Gasteiger partial charge in [0.05, 0.1) is 14.1 Å². The minimum Gasteiger partial charge on any atom is -0.453 e. The van der Waals surface area contributed by atoms with Gasteiger partial charge < -0.3 is 19.0 Å². The molecule has 19 heavy (non-hydrogen) atoms. The molecule has 112 valence electrons. The highest BCUT2D eigenvalue weighted by atomic mass is 31.2. The maximum atomic E-state index is 11.3. The molecule has 8 heteroatoms. The van der Waals surface area contributed by atoms with E-state index >= 15 is 0 Å². The summed E-state index contributed by atoms with van der Waals surface area (Å²) in [6.45, 7) is 7.64. The number of ether oxygens (including phenoxy) is 1. The van der Waals surface area contributed by atoms with Gasteiger partial charge in [0.15, 0.2) is 0 Å². The molecular weight excluding hydrogens is 273 g/mol. The Bertz CT molecular complexity index is 375. The van der Waals surface area contributed by atoms with Crippen molar-refractivity contribution in [3.05, 3.63) is 12.2 Å². The molecule has 0 aromatic carbocycles. The maximum absolute atomic E-state index is 11.3. The second-order valence-corrected chi connectivity index (χ2v) is 6.40. The van der Waals surface area contributed by atoms with Crippen LogP contribution < -0.4 is 0 Å². The van der Waals surface area contributed by atoms with Gasteiger partial charge in [-0.15, -0.1) is 0 Å². The number of esters is 1. The number of hydrogen-bond donors (Lipinski definition) is 2. The van der Waals surface area contributed by atoms with Gasteiger partial charge in [0.2, 0.25) is 0 Å². The minimum absolute atomic E-state index is 0.0710. The van der Waals surface area contributed by atoms with Crippen LogP contribution in [0.3, 0.4) is 0 Å². The molecule has 0 saturated carbocycles. The number of rotatable bonds is 8. The van der Waals surface area contributed by atoms with Crippen LogP contribution >= 0.6 is 7.82 Å². The van der Waals surface area contributed by atoms with Crippen molar-refractivity contribution in [1.29, 1.82) is 0 Å². The standard InChI is InChI=1S/C11H22NO6P/c1-9(2)11(13)18-10(3)8-12(4,5)6-7-17-19(14,15)16/h10H,1,6-8H2,2-5H3,(H-,14,15,16)/p+1. The van der Waals surface area contributed by atoms with Crippen molar-refractivity contribution in [3.63, 3.8) is 0 Å². The quantitative estimate of drug-likeness (QED) is 0.296. The molecule has 0 aliphatic heterocycles. The Morgan fingerprint density at radius 2 is 1.95 bits per heavy atom. The first-order valence-electron chi connectivity index (χ1n) is 5.81. The summed E-state index contributed by atoms with van der Waals surface area (Å²) >= 11 is 0. The number of hydrogen-bond acceptors (Lipinski definition) is 4. The molecule has 0 aromatic rings. The number of nitrogens with zero attached hydrogens (tertiary/aromatic N) is 1. The van der Waals surface area contributed by atoms with Gasteiger partial charge in [0.1, 0.15) is 25.8 Å². The predicted molar refractivity (Wildman–Crippen MR) is 70.2 cm³/mol. The fourth-order valence-electron chi connectivity index (χ4n) is 1.51. The summed E-state index contributed by atoms with van der Waals surface area (Å²) in [4.78, 5) is 28.5. The zero-order valence-electron chi connectivity index (χ0n) is 11.8. The van der Waals surface area contributed by atoms with E-state index in [4.69, 9.17) is 14.5 Å². The largest absolute Gasteiger partial charge is 0.469 e. The summed E-state index contributed by atoms with van der Waals surface area (Å²) in [5, 5.41) is 0. The Balaban J connectivity index is 4.17. The first kappa shape index (κ1) is 18.3. The van der Waals surface area contributed by atoms with Gasteiger partial charge in [-0.2, -0.15) is 0 Å². The molecule has 1 unspecified atom stereocenters. The predicted octanol–water partition coefficient (Wildman–Crippen LogP) is 0.680. The summed E-state index contributed by atoms with van der Waals surface area (Å²) in [5.41, 5.74) is 0.335. The average molecular weight is 296 g/mol. The topological polar surface area (TPSA) is 93.1 Å². The number of phosphoric acid groups is 1. The van der Waals surface area contributed by atoms with E-state index in [2.05, 4.69) is 11.1 Å². The zero-order chi connectivity index (χ0) is 15.3. The average Bonchev–Trinajstić information content (AvgIpc) is 2.12. The van der Waals surface area contributed by atoms with Crippen LogP contribution in [0.2, 0.25) is 0 Å². The highest BCUT2D eigenvalue weighted by molar-refractivity contribution is 7.46. The number of quaternary nitrogens is 1. The Hall–Kier alpha value is -0.720. The van der Waals surface area contributed by atoms with Crippen LogP contribution in [-0.2, 0) is 18.6 Å². The minimum atomic E-state index is -4.43. The van der Waals surface area contributed by atoms with Crippen molar-refractivity contribution < 1.29 is 32.9 Å². The van der Waals surface area contributed by atoms with Crippen LogP contribution in [0, 0.1) is 0 Å². The van der Waals surface area contributed by atoms with E-state index in [1.165, 1.54) is 0 Å². The van der Waals surface area contributed by atoms with Crippen LogP contribution in [0.4, 0.5) is 0 Å². The second-order valence-electron chi connectivity index (χ2n) is 5.16. The molecule has 0 spiro atoms. The van der Waals surface area contributed by atoms with Gasteiger partial charge in [-0.25, -0.2) is 9.36 Å². The lowest BCUT2D eigenvalue weighted by atomic mass is 10.3. The van der Waals surface area contributed by atoms with Gasteiger partial charge in [0.25, 0.3) is 0 Å². The van der Waals surface area contributed by atoms with Crippen molar-refractivity contribution in [2.45, 2.75) is 20.0 Å². The highest BCUT2D eigenvalue weighted by Gasteiger charge is 2.23. The van der Waals surface area contributed by atoms with Gasteiger partial charge in [0, 0.05) is 5.57 Å². The monoisotopic (exact) mass is 296 g/mol. The summed E-state index contributed by atoms with van der Waals surface area (Å²) in [6.07, 6.45) is -0.325. The van der Waals surface area contributed by atoms with Crippen LogP contribution in [0.15, 0.2) is 12.2 Å². The molecule has 0 bridgehead atoms.